The lowest BCUT2D eigenvalue weighted by molar-refractivity contribution is 0.0915. The fourth-order valence-electron chi connectivity index (χ4n) is 4.26. The number of aryl methyl sites for hydroxylation is 2. The first-order chi connectivity index (χ1) is 15.0. The summed E-state index contributed by atoms with van der Waals surface area (Å²) in [7, 11) is 0. The number of aromatic nitrogens is 5. The summed E-state index contributed by atoms with van der Waals surface area (Å²) >= 11 is 0. The number of nitrogens with one attached hydrogen (secondary N) is 1. The van der Waals surface area contributed by atoms with Gasteiger partial charge >= 0.3 is 0 Å². The molecule has 1 aliphatic heterocycles. The normalized spacial score (nSPS) is 16.6. The summed E-state index contributed by atoms with van der Waals surface area (Å²) in [5.74, 6) is 0.734. The molecule has 0 saturated carbocycles. The summed E-state index contributed by atoms with van der Waals surface area (Å²) in [6, 6.07) is 6.12. The molecular weight excluding hydrogens is 396 g/mol. The van der Waals surface area contributed by atoms with Crippen LogP contribution in [0.2, 0.25) is 0 Å². The number of nitrogens with zero attached hydrogens (tertiary/aromatic N) is 5. The van der Waals surface area contributed by atoms with Crippen LogP contribution in [0.15, 0.2) is 23.0 Å². The molecule has 0 amide bonds. The van der Waals surface area contributed by atoms with E-state index >= 15 is 0 Å². The van der Waals surface area contributed by atoms with E-state index < -0.39 is 0 Å². The Labute approximate surface area is 181 Å². The van der Waals surface area contributed by atoms with Gasteiger partial charge < -0.3 is 14.8 Å². The zero-order valence-corrected chi connectivity index (χ0v) is 18.2. The molecule has 0 radical (unpaired) electrons. The summed E-state index contributed by atoms with van der Waals surface area (Å²) in [5.41, 5.74) is 3.69. The van der Waals surface area contributed by atoms with Gasteiger partial charge in [-0.3, -0.25) is 9.69 Å². The highest BCUT2D eigenvalue weighted by molar-refractivity contribution is 5.82. The molecule has 0 spiro atoms. The summed E-state index contributed by atoms with van der Waals surface area (Å²) < 4.78 is 7.51. The minimum Gasteiger partial charge on any atom is -0.396 e. The number of aliphatic hydroxyl groups is 1. The quantitative estimate of drug-likeness (QED) is 0.536. The number of ether oxygens (including phenoxy) is 1. The van der Waals surface area contributed by atoms with Crippen LogP contribution >= 0.6 is 0 Å². The number of hydrogen-bond acceptors (Lipinski definition) is 7. The molecule has 31 heavy (non-hydrogen) atoms. The molecule has 3 aromatic rings. The van der Waals surface area contributed by atoms with E-state index in [4.69, 9.17) is 4.74 Å². The predicted molar refractivity (Wildman–Crippen MR) is 117 cm³/mol. The number of aliphatic hydroxyl groups excluding tert-OH is 1. The lowest BCUT2D eigenvalue weighted by Crippen LogP contribution is -2.30. The van der Waals surface area contributed by atoms with Gasteiger partial charge in [-0.05, 0) is 66.6 Å². The van der Waals surface area contributed by atoms with E-state index in [-0.39, 0.29) is 18.3 Å². The van der Waals surface area contributed by atoms with Gasteiger partial charge in [0.1, 0.15) is 0 Å². The van der Waals surface area contributed by atoms with Crippen LogP contribution in [0.4, 0.5) is 0 Å². The van der Waals surface area contributed by atoms with Crippen molar-refractivity contribution >= 4 is 10.9 Å². The summed E-state index contributed by atoms with van der Waals surface area (Å²) in [4.78, 5) is 17.9. The van der Waals surface area contributed by atoms with Crippen molar-refractivity contribution in [3.05, 3.63) is 51.1 Å². The fourth-order valence-corrected chi connectivity index (χ4v) is 4.26. The number of rotatable bonds is 9. The maximum Gasteiger partial charge on any atom is 0.252 e. The Hall–Kier alpha value is -2.62. The van der Waals surface area contributed by atoms with Crippen molar-refractivity contribution in [1.82, 2.24) is 30.1 Å². The molecule has 0 bridgehead atoms. The molecule has 0 unspecified atom stereocenters. The second-order valence-corrected chi connectivity index (χ2v) is 8.37. The average Bonchev–Trinajstić information content (AvgIpc) is 3.40. The molecule has 1 aromatic carbocycles. The summed E-state index contributed by atoms with van der Waals surface area (Å²) in [5, 5.41) is 22.6. The third-order valence-electron chi connectivity index (χ3n) is 5.77. The Bertz CT molecular complexity index is 1090. The fraction of sp³-hybridized carbons (Fsp3) is 0.545. The van der Waals surface area contributed by atoms with Crippen molar-refractivity contribution in [1.29, 1.82) is 0 Å². The largest absolute Gasteiger partial charge is 0.396 e. The van der Waals surface area contributed by atoms with Gasteiger partial charge in [0, 0.05) is 31.9 Å². The summed E-state index contributed by atoms with van der Waals surface area (Å²) in [6.07, 6.45) is 2.83. The SMILES string of the molecule is Cc1cc(C)c2[nH]c(=O)c(CN(CCCO)Cc3nnnn3C[C@H]3CCCO3)cc2c1. The molecule has 1 fully saturated rings. The maximum absolute atomic E-state index is 12.8. The van der Waals surface area contributed by atoms with Gasteiger partial charge in [0.15, 0.2) is 5.82 Å². The lowest BCUT2D eigenvalue weighted by atomic mass is 10.1. The number of tetrazole rings is 1. The molecule has 2 aromatic heterocycles. The second-order valence-electron chi connectivity index (χ2n) is 8.37. The first-order valence-corrected chi connectivity index (χ1v) is 10.9. The Kier molecular flexibility index (Phi) is 6.74. The highest BCUT2D eigenvalue weighted by Gasteiger charge is 2.20. The van der Waals surface area contributed by atoms with Crippen LogP contribution in [0, 0.1) is 13.8 Å². The van der Waals surface area contributed by atoms with Crippen LogP contribution in [0.25, 0.3) is 10.9 Å². The zero-order valence-electron chi connectivity index (χ0n) is 18.2. The van der Waals surface area contributed by atoms with E-state index in [9.17, 15) is 9.90 Å². The molecule has 3 heterocycles. The van der Waals surface area contributed by atoms with Crippen LogP contribution in [-0.4, -0.2) is 61.1 Å². The molecule has 1 aliphatic rings. The molecule has 166 valence electrons. The number of H-pyrrole nitrogens is 1. The molecular formula is C22H30N6O3. The standard InChI is InChI=1S/C22H30N6O3/c1-15-9-16(2)21-17(10-15)11-18(22(30)23-21)12-27(6-4-7-29)14-20-24-25-26-28(20)13-19-5-3-8-31-19/h9-11,19,29H,3-8,12-14H2,1-2H3,(H,23,30)/t19-/m1/s1. The molecule has 4 rings (SSSR count). The van der Waals surface area contributed by atoms with Crippen LogP contribution in [0.5, 0.6) is 0 Å². The predicted octanol–water partition coefficient (Wildman–Crippen LogP) is 1.70. The minimum atomic E-state index is -0.0904. The van der Waals surface area contributed by atoms with Crippen LogP contribution < -0.4 is 5.56 Å². The van der Waals surface area contributed by atoms with Crippen molar-refractivity contribution in [3.63, 3.8) is 0 Å². The number of benzene rings is 1. The van der Waals surface area contributed by atoms with Gasteiger partial charge in [-0.2, -0.15) is 0 Å². The second kappa shape index (κ2) is 9.67. The van der Waals surface area contributed by atoms with Gasteiger partial charge in [-0.25, -0.2) is 4.68 Å². The first kappa shape index (κ1) is 21.6. The molecule has 1 atom stereocenters. The monoisotopic (exact) mass is 426 g/mol. The van der Waals surface area contributed by atoms with Gasteiger partial charge in [0.2, 0.25) is 0 Å². The van der Waals surface area contributed by atoms with E-state index in [0.29, 0.717) is 38.2 Å². The van der Waals surface area contributed by atoms with Gasteiger partial charge in [0.05, 0.1) is 24.7 Å². The van der Waals surface area contributed by atoms with Crippen LogP contribution in [0.3, 0.4) is 0 Å². The number of pyridine rings is 1. The van der Waals surface area contributed by atoms with Crippen LogP contribution in [-0.2, 0) is 24.4 Å². The van der Waals surface area contributed by atoms with E-state index in [0.717, 1.165) is 47.3 Å². The summed E-state index contributed by atoms with van der Waals surface area (Å²) in [6.45, 7) is 7.14. The van der Waals surface area contributed by atoms with E-state index in [1.807, 2.05) is 13.0 Å². The average molecular weight is 427 g/mol. The van der Waals surface area contributed by atoms with Gasteiger partial charge in [-0.15, -0.1) is 5.10 Å². The highest BCUT2D eigenvalue weighted by Crippen LogP contribution is 2.19. The Balaban J connectivity index is 1.56. The number of fused-ring (bicyclic) bond motifs is 1. The highest BCUT2D eigenvalue weighted by atomic mass is 16.5. The third-order valence-corrected chi connectivity index (χ3v) is 5.77. The molecule has 9 nitrogen and oxygen atoms in total. The molecule has 2 N–H and O–H groups in total. The molecule has 0 aliphatic carbocycles. The van der Waals surface area contributed by atoms with Gasteiger partial charge in [0.25, 0.3) is 5.56 Å². The Morgan fingerprint density at radius 2 is 2.16 bits per heavy atom. The number of aromatic amines is 1. The molecule has 9 heteroatoms. The Morgan fingerprint density at radius 1 is 1.29 bits per heavy atom. The maximum atomic E-state index is 12.8. The van der Waals surface area contributed by atoms with Crippen LogP contribution in [0.1, 0.15) is 41.8 Å². The minimum absolute atomic E-state index is 0.0871. The van der Waals surface area contributed by atoms with Crippen molar-refractivity contribution < 1.29 is 9.84 Å². The molecule has 1 saturated heterocycles. The third kappa shape index (κ3) is 5.17. The first-order valence-electron chi connectivity index (χ1n) is 10.9. The van der Waals surface area contributed by atoms with Crippen molar-refractivity contribution in [2.45, 2.75) is 58.8 Å². The topological polar surface area (TPSA) is 109 Å². The van der Waals surface area contributed by atoms with Gasteiger partial charge in [-0.1, -0.05) is 11.6 Å². The number of hydrogen-bond donors (Lipinski definition) is 2. The zero-order chi connectivity index (χ0) is 21.8. The van der Waals surface area contributed by atoms with E-state index in [1.165, 1.54) is 0 Å². The van der Waals surface area contributed by atoms with Crippen molar-refractivity contribution in [2.75, 3.05) is 19.8 Å². The van der Waals surface area contributed by atoms with Crippen molar-refractivity contribution in [3.8, 4) is 0 Å². The van der Waals surface area contributed by atoms with E-state index in [1.54, 1.807) is 4.68 Å². The smallest absolute Gasteiger partial charge is 0.252 e. The Morgan fingerprint density at radius 3 is 2.94 bits per heavy atom. The van der Waals surface area contributed by atoms with Crippen molar-refractivity contribution in [2.24, 2.45) is 0 Å². The lowest BCUT2D eigenvalue weighted by Gasteiger charge is -2.22. The van der Waals surface area contributed by atoms with E-state index in [2.05, 4.69) is 44.5 Å².